The Hall–Kier alpha value is -2.94. The van der Waals surface area contributed by atoms with Crippen LogP contribution in [0.3, 0.4) is 0 Å². The first kappa shape index (κ1) is 15.4. The van der Waals surface area contributed by atoms with Crippen molar-refractivity contribution in [3.8, 4) is 6.07 Å². The number of carbonyl (C=O) groups is 1. The second kappa shape index (κ2) is 7.18. The summed E-state index contributed by atoms with van der Waals surface area (Å²) in [6, 6.07) is 12.2. The molecule has 0 saturated heterocycles. The van der Waals surface area contributed by atoms with Crippen LogP contribution < -0.4 is 10.6 Å². The van der Waals surface area contributed by atoms with Crippen LogP contribution in [-0.4, -0.2) is 12.5 Å². The van der Waals surface area contributed by atoms with E-state index in [-0.39, 0.29) is 13.0 Å². The molecule has 0 aliphatic heterocycles. The lowest BCUT2D eigenvalue weighted by atomic mass is 10.2. The van der Waals surface area contributed by atoms with E-state index in [0.717, 1.165) is 12.1 Å². The van der Waals surface area contributed by atoms with Gasteiger partial charge in [-0.15, -0.1) is 0 Å². The molecule has 0 radical (unpaired) electrons. The smallest absolute Gasteiger partial charge is 0.226 e. The summed E-state index contributed by atoms with van der Waals surface area (Å²) in [7, 11) is 0. The average molecular weight is 301 g/mol. The quantitative estimate of drug-likeness (QED) is 0.890. The standard InChI is InChI=1S/C16H13F2N3O/c17-12-5-3-6-13(18)16(12)21-15(22)8-9-20-14-7-2-1-4-11(14)10-19/h1-7,20H,8-9H2,(H,21,22). The van der Waals surface area contributed by atoms with E-state index in [0.29, 0.717) is 11.3 Å². The number of nitrogens with zero attached hydrogens (tertiary/aromatic N) is 1. The van der Waals surface area contributed by atoms with Gasteiger partial charge in [-0.1, -0.05) is 18.2 Å². The monoisotopic (exact) mass is 301 g/mol. The molecule has 2 rings (SSSR count). The molecule has 0 spiro atoms. The van der Waals surface area contributed by atoms with Gasteiger partial charge in [-0.3, -0.25) is 4.79 Å². The summed E-state index contributed by atoms with van der Waals surface area (Å²) in [6.45, 7) is 0.237. The number of carbonyl (C=O) groups excluding carboxylic acids is 1. The van der Waals surface area contributed by atoms with E-state index >= 15 is 0 Å². The molecule has 2 aromatic carbocycles. The van der Waals surface area contributed by atoms with E-state index in [2.05, 4.69) is 10.6 Å². The molecule has 0 unspecified atom stereocenters. The fourth-order valence-electron chi connectivity index (χ4n) is 1.86. The number of nitriles is 1. The molecule has 0 aliphatic rings. The van der Waals surface area contributed by atoms with E-state index < -0.39 is 23.2 Å². The van der Waals surface area contributed by atoms with Crippen LogP contribution in [0, 0.1) is 23.0 Å². The normalized spacial score (nSPS) is 9.86. The third-order valence-electron chi connectivity index (χ3n) is 2.94. The van der Waals surface area contributed by atoms with Gasteiger partial charge in [-0.2, -0.15) is 5.26 Å². The van der Waals surface area contributed by atoms with E-state index in [1.54, 1.807) is 24.3 Å². The lowest BCUT2D eigenvalue weighted by Gasteiger charge is -2.09. The predicted octanol–water partition coefficient (Wildman–Crippen LogP) is 3.28. The molecule has 0 heterocycles. The zero-order valence-corrected chi connectivity index (χ0v) is 11.6. The molecule has 1 amide bonds. The minimum Gasteiger partial charge on any atom is -0.383 e. The fraction of sp³-hybridized carbons (Fsp3) is 0.125. The lowest BCUT2D eigenvalue weighted by Crippen LogP contribution is -2.18. The lowest BCUT2D eigenvalue weighted by molar-refractivity contribution is -0.116. The summed E-state index contributed by atoms with van der Waals surface area (Å²) in [5.74, 6) is -2.17. The maximum absolute atomic E-state index is 13.4. The molecule has 0 aromatic heterocycles. The van der Waals surface area contributed by atoms with Gasteiger partial charge in [0.15, 0.2) is 0 Å². The summed E-state index contributed by atoms with van der Waals surface area (Å²) in [5, 5.41) is 14.1. The summed E-state index contributed by atoms with van der Waals surface area (Å²) in [4.78, 5) is 11.7. The van der Waals surface area contributed by atoms with E-state index in [9.17, 15) is 13.6 Å². The molecule has 112 valence electrons. The number of halogens is 2. The SMILES string of the molecule is N#Cc1ccccc1NCCC(=O)Nc1c(F)cccc1F. The third-order valence-corrected chi connectivity index (χ3v) is 2.94. The molecule has 0 bridgehead atoms. The molecule has 22 heavy (non-hydrogen) atoms. The molecule has 0 saturated carbocycles. The molecule has 2 aromatic rings. The van der Waals surface area contributed by atoms with Crippen molar-refractivity contribution in [2.45, 2.75) is 6.42 Å². The molecule has 2 N–H and O–H groups in total. The minimum absolute atomic E-state index is 0.00748. The highest BCUT2D eigenvalue weighted by atomic mass is 19.1. The van der Waals surface area contributed by atoms with Crippen molar-refractivity contribution in [1.82, 2.24) is 0 Å². The van der Waals surface area contributed by atoms with Gasteiger partial charge >= 0.3 is 0 Å². The number of rotatable bonds is 5. The summed E-state index contributed by atoms with van der Waals surface area (Å²) >= 11 is 0. The average Bonchev–Trinajstić information content (AvgIpc) is 2.51. The number of nitrogens with one attached hydrogen (secondary N) is 2. The van der Waals surface area contributed by atoms with Crippen molar-refractivity contribution < 1.29 is 13.6 Å². The number of para-hydroxylation sites is 2. The Labute approximate surface area is 126 Å². The molecule has 0 fully saturated rings. The van der Waals surface area contributed by atoms with Crippen LogP contribution in [0.2, 0.25) is 0 Å². The highest BCUT2D eigenvalue weighted by Crippen LogP contribution is 2.18. The molecular weight excluding hydrogens is 288 g/mol. The van der Waals surface area contributed by atoms with Gasteiger partial charge in [0.2, 0.25) is 5.91 Å². The van der Waals surface area contributed by atoms with E-state index in [1.165, 1.54) is 6.07 Å². The second-order valence-corrected chi connectivity index (χ2v) is 4.48. The Kier molecular flexibility index (Phi) is 5.04. The number of hydrogen-bond acceptors (Lipinski definition) is 3. The largest absolute Gasteiger partial charge is 0.383 e. The first-order valence-electron chi connectivity index (χ1n) is 6.58. The van der Waals surface area contributed by atoms with Gasteiger partial charge in [0.1, 0.15) is 23.4 Å². The number of amides is 1. The summed E-state index contributed by atoms with van der Waals surface area (Å²) < 4.78 is 26.8. The van der Waals surface area contributed by atoms with E-state index in [1.807, 2.05) is 6.07 Å². The topological polar surface area (TPSA) is 64.9 Å². The maximum atomic E-state index is 13.4. The molecule has 0 atom stereocenters. The number of anilines is 2. The summed E-state index contributed by atoms with van der Waals surface area (Å²) in [6.07, 6.45) is 0.00748. The van der Waals surface area contributed by atoms with Gasteiger partial charge < -0.3 is 10.6 Å². The van der Waals surface area contributed by atoms with Crippen LogP contribution in [-0.2, 0) is 4.79 Å². The van der Waals surface area contributed by atoms with Gasteiger partial charge in [-0.05, 0) is 24.3 Å². The van der Waals surface area contributed by atoms with Crippen molar-refractivity contribution in [2.75, 3.05) is 17.2 Å². The highest BCUT2D eigenvalue weighted by molar-refractivity contribution is 5.91. The van der Waals surface area contributed by atoms with Crippen LogP contribution in [0.5, 0.6) is 0 Å². The fourth-order valence-corrected chi connectivity index (χ4v) is 1.86. The van der Waals surface area contributed by atoms with Crippen LogP contribution in [0.1, 0.15) is 12.0 Å². The maximum Gasteiger partial charge on any atom is 0.226 e. The van der Waals surface area contributed by atoms with Gasteiger partial charge in [-0.25, -0.2) is 8.78 Å². The van der Waals surface area contributed by atoms with Crippen LogP contribution in [0.4, 0.5) is 20.2 Å². The van der Waals surface area contributed by atoms with Gasteiger partial charge in [0.25, 0.3) is 0 Å². The first-order valence-corrected chi connectivity index (χ1v) is 6.58. The molecular formula is C16H13F2N3O. The van der Waals surface area contributed by atoms with Crippen LogP contribution >= 0.6 is 0 Å². The van der Waals surface area contributed by atoms with Gasteiger partial charge in [0.05, 0.1) is 11.3 Å². The number of hydrogen-bond donors (Lipinski definition) is 2. The Morgan fingerprint density at radius 1 is 1.09 bits per heavy atom. The predicted molar refractivity (Wildman–Crippen MR) is 79.3 cm³/mol. The Balaban J connectivity index is 1.90. The van der Waals surface area contributed by atoms with E-state index in [4.69, 9.17) is 5.26 Å². The highest BCUT2D eigenvalue weighted by Gasteiger charge is 2.11. The third kappa shape index (κ3) is 3.79. The van der Waals surface area contributed by atoms with Crippen LogP contribution in [0.25, 0.3) is 0 Å². The van der Waals surface area contributed by atoms with Crippen molar-refractivity contribution in [3.63, 3.8) is 0 Å². The van der Waals surface area contributed by atoms with Crippen molar-refractivity contribution >= 4 is 17.3 Å². The van der Waals surface area contributed by atoms with Gasteiger partial charge in [0, 0.05) is 13.0 Å². The molecule has 0 aliphatic carbocycles. The Morgan fingerprint density at radius 2 is 1.77 bits per heavy atom. The molecule has 6 heteroatoms. The first-order chi connectivity index (χ1) is 10.6. The van der Waals surface area contributed by atoms with Crippen molar-refractivity contribution in [3.05, 3.63) is 59.7 Å². The van der Waals surface area contributed by atoms with Crippen molar-refractivity contribution in [1.29, 1.82) is 5.26 Å². The minimum atomic E-state index is -0.823. The van der Waals surface area contributed by atoms with Crippen LogP contribution in [0.15, 0.2) is 42.5 Å². The zero-order chi connectivity index (χ0) is 15.9. The Bertz CT molecular complexity index is 705. The number of benzene rings is 2. The second-order valence-electron chi connectivity index (χ2n) is 4.48. The molecule has 4 nitrogen and oxygen atoms in total. The van der Waals surface area contributed by atoms with Crippen molar-refractivity contribution in [2.24, 2.45) is 0 Å². The summed E-state index contributed by atoms with van der Waals surface area (Å²) in [5.41, 5.74) is 0.614. The Morgan fingerprint density at radius 3 is 2.45 bits per heavy atom. The zero-order valence-electron chi connectivity index (χ0n) is 11.6.